The van der Waals surface area contributed by atoms with E-state index in [-0.39, 0.29) is 11.5 Å². The van der Waals surface area contributed by atoms with Crippen molar-refractivity contribution >= 4 is 28.5 Å². The van der Waals surface area contributed by atoms with Crippen molar-refractivity contribution in [3.05, 3.63) is 42.0 Å². The van der Waals surface area contributed by atoms with E-state index in [4.69, 9.17) is 8.83 Å². The van der Waals surface area contributed by atoms with Gasteiger partial charge in [-0.2, -0.15) is 0 Å². The molecule has 0 aliphatic carbocycles. The molecule has 0 unspecified atom stereocenters. The third kappa shape index (κ3) is 2.39. The van der Waals surface area contributed by atoms with Crippen LogP contribution in [-0.2, 0) is 0 Å². The number of thioether (sulfide) groups is 1. The first kappa shape index (κ1) is 12.0. The lowest BCUT2D eigenvalue weighted by molar-refractivity contribution is 0.102. The number of rotatable bonds is 4. The van der Waals surface area contributed by atoms with Gasteiger partial charge in [0.15, 0.2) is 5.78 Å². The second-order valence-corrected chi connectivity index (χ2v) is 4.87. The first-order valence-corrected chi connectivity index (χ1v) is 6.65. The van der Waals surface area contributed by atoms with Crippen LogP contribution in [-0.4, -0.2) is 21.7 Å². The fourth-order valence-electron chi connectivity index (χ4n) is 1.74. The third-order valence-corrected chi connectivity index (χ3v) is 3.43. The number of hydrogen-bond donors (Lipinski definition) is 0. The Bertz CT molecular complexity index is 732. The van der Waals surface area contributed by atoms with E-state index in [1.54, 1.807) is 6.92 Å². The SMILES string of the molecule is Cc1nnc(SCC(=O)c2coc3ccccc23)o1. The van der Waals surface area contributed by atoms with Crippen LogP contribution in [0.5, 0.6) is 0 Å². The molecule has 0 fully saturated rings. The highest BCUT2D eigenvalue weighted by Crippen LogP contribution is 2.24. The Morgan fingerprint density at radius 2 is 2.16 bits per heavy atom. The highest BCUT2D eigenvalue weighted by molar-refractivity contribution is 7.99. The van der Waals surface area contributed by atoms with E-state index in [2.05, 4.69) is 10.2 Å². The Morgan fingerprint density at radius 1 is 1.32 bits per heavy atom. The molecule has 0 atom stereocenters. The zero-order chi connectivity index (χ0) is 13.2. The van der Waals surface area contributed by atoms with E-state index in [0.29, 0.717) is 22.3 Å². The number of para-hydroxylation sites is 1. The Hall–Kier alpha value is -2.08. The highest BCUT2D eigenvalue weighted by atomic mass is 32.2. The van der Waals surface area contributed by atoms with Gasteiger partial charge in [0.2, 0.25) is 5.89 Å². The lowest BCUT2D eigenvalue weighted by Gasteiger charge is -1.95. The summed E-state index contributed by atoms with van der Waals surface area (Å²) >= 11 is 1.22. The molecule has 0 N–H and O–H groups in total. The van der Waals surface area contributed by atoms with Crippen molar-refractivity contribution in [2.45, 2.75) is 12.1 Å². The summed E-state index contributed by atoms with van der Waals surface area (Å²) in [7, 11) is 0. The van der Waals surface area contributed by atoms with Crippen molar-refractivity contribution in [3.63, 3.8) is 0 Å². The van der Waals surface area contributed by atoms with Crippen molar-refractivity contribution in [2.24, 2.45) is 0 Å². The van der Waals surface area contributed by atoms with E-state index in [0.717, 1.165) is 5.39 Å². The summed E-state index contributed by atoms with van der Waals surface area (Å²) in [5.74, 6) is 0.708. The molecule has 0 saturated heterocycles. The average molecular weight is 274 g/mol. The lowest BCUT2D eigenvalue weighted by atomic mass is 10.1. The molecule has 0 radical (unpaired) electrons. The first-order chi connectivity index (χ1) is 9.24. The maximum atomic E-state index is 12.1. The molecule has 0 aliphatic heterocycles. The van der Waals surface area contributed by atoms with Crippen molar-refractivity contribution in [1.29, 1.82) is 0 Å². The molecular weight excluding hydrogens is 264 g/mol. The minimum atomic E-state index is -0.0224. The number of furan rings is 1. The van der Waals surface area contributed by atoms with Gasteiger partial charge in [0.05, 0.1) is 11.3 Å². The van der Waals surface area contributed by atoms with Gasteiger partial charge in [-0.05, 0) is 6.07 Å². The van der Waals surface area contributed by atoms with Crippen molar-refractivity contribution < 1.29 is 13.6 Å². The maximum absolute atomic E-state index is 12.1. The lowest BCUT2D eigenvalue weighted by Crippen LogP contribution is -2.01. The third-order valence-electron chi connectivity index (χ3n) is 2.62. The summed E-state index contributed by atoms with van der Waals surface area (Å²) in [5.41, 5.74) is 1.30. The van der Waals surface area contributed by atoms with Crippen LogP contribution in [0.3, 0.4) is 0 Å². The summed E-state index contributed by atoms with van der Waals surface area (Å²) < 4.78 is 10.5. The second-order valence-electron chi connectivity index (χ2n) is 3.94. The van der Waals surface area contributed by atoms with E-state index in [1.807, 2.05) is 24.3 Å². The normalized spacial score (nSPS) is 11.0. The fourth-order valence-corrected chi connectivity index (χ4v) is 2.42. The Kier molecular flexibility index (Phi) is 3.08. The molecule has 96 valence electrons. The molecule has 1 aromatic carbocycles. The summed E-state index contributed by atoms with van der Waals surface area (Å²) in [6.45, 7) is 1.71. The van der Waals surface area contributed by atoms with Gasteiger partial charge < -0.3 is 8.83 Å². The van der Waals surface area contributed by atoms with Crippen LogP contribution in [0.15, 0.2) is 44.6 Å². The largest absolute Gasteiger partial charge is 0.464 e. The zero-order valence-electron chi connectivity index (χ0n) is 10.1. The van der Waals surface area contributed by atoms with Gasteiger partial charge in [0.1, 0.15) is 11.8 Å². The van der Waals surface area contributed by atoms with Crippen LogP contribution in [0.25, 0.3) is 11.0 Å². The van der Waals surface area contributed by atoms with Crippen LogP contribution in [0.1, 0.15) is 16.2 Å². The maximum Gasteiger partial charge on any atom is 0.277 e. The summed E-state index contributed by atoms with van der Waals surface area (Å²) in [4.78, 5) is 12.1. The van der Waals surface area contributed by atoms with Gasteiger partial charge in [-0.1, -0.05) is 30.0 Å². The van der Waals surface area contributed by atoms with E-state index in [1.165, 1.54) is 18.0 Å². The topological polar surface area (TPSA) is 69.1 Å². The van der Waals surface area contributed by atoms with Gasteiger partial charge in [-0.25, -0.2) is 0 Å². The standard InChI is InChI=1S/C13H10N2O3S/c1-8-14-15-13(18-8)19-7-11(16)10-6-17-12-5-3-2-4-9(10)12/h2-6H,7H2,1H3. The van der Waals surface area contributed by atoms with Gasteiger partial charge in [-0.15, -0.1) is 10.2 Å². The quantitative estimate of drug-likeness (QED) is 0.538. The molecule has 2 aromatic heterocycles. The molecule has 0 bridgehead atoms. The monoisotopic (exact) mass is 274 g/mol. The smallest absolute Gasteiger partial charge is 0.277 e. The van der Waals surface area contributed by atoms with Crippen LogP contribution in [0, 0.1) is 6.92 Å². The Balaban J connectivity index is 1.77. The number of carbonyl (C=O) groups is 1. The summed E-state index contributed by atoms with van der Waals surface area (Å²) in [6, 6.07) is 7.45. The van der Waals surface area contributed by atoms with E-state index >= 15 is 0 Å². The van der Waals surface area contributed by atoms with E-state index in [9.17, 15) is 4.79 Å². The molecule has 3 aromatic rings. The molecule has 6 heteroatoms. The Labute approximate surface area is 113 Å². The molecule has 0 spiro atoms. The summed E-state index contributed by atoms with van der Waals surface area (Å²) in [5, 5.41) is 8.77. The van der Waals surface area contributed by atoms with Crippen LogP contribution >= 0.6 is 11.8 Å². The number of carbonyl (C=O) groups excluding carboxylic acids is 1. The molecule has 3 rings (SSSR count). The predicted molar refractivity (Wildman–Crippen MR) is 70.3 cm³/mol. The number of benzene rings is 1. The number of aryl methyl sites for hydroxylation is 1. The highest BCUT2D eigenvalue weighted by Gasteiger charge is 2.15. The molecule has 2 heterocycles. The fraction of sp³-hybridized carbons (Fsp3) is 0.154. The van der Waals surface area contributed by atoms with E-state index < -0.39 is 0 Å². The second kappa shape index (κ2) is 4.89. The number of aromatic nitrogens is 2. The minimum Gasteiger partial charge on any atom is -0.464 e. The van der Waals surface area contributed by atoms with Gasteiger partial charge in [0, 0.05) is 12.3 Å². The molecule has 0 saturated carbocycles. The zero-order valence-corrected chi connectivity index (χ0v) is 10.9. The van der Waals surface area contributed by atoms with Gasteiger partial charge in [-0.3, -0.25) is 4.79 Å². The molecular formula is C13H10N2O3S. The molecule has 19 heavy (non-hydrogen) atoms. The van der Waals surface area contributed by atoms with Crippen molar-refractivity contribution in [2.75, 3.05) is 5.75 Å². The Morgan fingerprint density at radius 3 is 2.95 bits per heavy atom. The van der Waals surface area contributed by atoms with Gasteiger partial charge in [0.25, 0.3) is 5.22 Å². The van der Waals surface area contributed by atoms with Gasteiger partial charge >= 0.3 is 0 Å². The molecule has 0 amide bonds. The number of hydrogen-bond acceptors (Lipinski definition) is 6. The number of ketones is 1. The number of fused-ring (bicyclic) bond motifs is 1. The van der Waals surface area contributed by atoms with Crippen molar-refractivity contribution in [3.8, 4) is 0 Å². The summed E-state index contributed by atoms with van der Waals surface area (Å²) in [6.07, 6.45) is 1.49. The van der Waals surface area contributed by atoms with Crippen LogP contribution in [0.4, 0.5) is 0 Å². The number of nitrogens with zero attached hydrogens (tertiary/aromatic N) is 2. The van der Waals surface area contributed by atoms with Crippen molar-refractivity contribution in [1.82, 2.24) is 10.2 Å². The average Bonchev–Trinajstić information content (AvgIpc) is 3.02. The molecule has 0 aliphatic rings. The predicted octanol–water partition coefficient (Wildman–Crippen LogP) is 3.10. The van der Waals surface area contributed by atoms with Crippen LogP contribution < -0.4 is 0 Å². The minimum absolute atomic E-state index is 0.0224. The molecule has 5 nitrogen and oxygen atoms in total. The first-order valence-electron chi connectivity index (χ1n) is 5.66. The van der Waals surface area contributed by atoms with Crippen LogP contribution in [0.2, 0.25) is 0 Å². The number of Topliss-reactive ketones (excluding diaryl/α,β-unsaturated/α-hetero) is 1.